The average Bonchev–Trinajstić information content (AvgIpc) is 2.90. The third-order valence-electron chi connectivity index (χ3n) is 3.38. The first-order valence-electron chi connectivity index (χ1n) is 6.57. The first-order valence-corrected chi connectivity index (χ1v) is 6.57. The largest absolute Gasteiger partial charge is 0.360 e. The Bertz CT molecular complexity index is 795. The highest BCUT2D eigenvalue weighted by Crippen LogP contribution is 2.27. The molecule has 21 heavy (non-hydrogen) atoms. The predicted octanol–water partition coefficient (Wildman–Crippen LogP) is 2.44. The molecule has 0 bridgehead atoms. The number of nitrogens with zero attached hydrogens (tertiary/aromatic N) is 5. The van der Waals surface area contributed by atoms with E-state index in [1.807, 2.05) is 31.1 Å². The van der Waals surface area contributed by atoms with Crippen LogP contribution in [0.4, 0.5) is 17.3 Å². The van der Waals surface area contributed by atoms with Crippen LogP contribution in [0.2, 0.25) is 0 Å². The molecule has 7 heteroatoms. The third kappa shape index (κ3) is 2.37. The Labute approximate surface area is 122 Å². The summed E-state index contributed by atoms with van der Waals surface area (Å²) in [7, 11) is 3.80. The molecule has 0 radical (unpaired) electrons. The van der Waals surface area contributed by atoms with Crippen molar-refractivity contribution in [2.45, 2.75) is 13.8 Å². The zero-order valence-electron chi connectivity index (χ0n) is 12.4. The fraction of sp³-hybridized carbons (Fsp3) is 0.286. The van der Waals surface area contributed by atoms with Crippen molar-refractivity contribution in [2.24, 2.45) is 0 Å². The molecule has 0 spiro atoms. The minimum atomic E-state index is 0.383. The molecule has 0 fully saturated rings. The van der Waals surface area contributed by atoms with Gasteiger partial charge in [0.2, 0.25) is 11.3 Å². The van der Waals surface area contributed by atoms with Crippen molar-refractivity contribution in [1.82, 2.24) is 20.3 Å². The molecule has 2 aromatic heterocycles. The third-order valence-corrected chi connectivity index (χ3v) is 3.38. The van der Waals surface area contributed by atoms with E-state index >= 15 is 0 Å². The topological polar surface area (TPSA) is 80.0 Å². The summed E-state index contributed by atoms with van der Waals surface area (Å²) >= 11 is 0. The summed E-state index contributed by atoms with van der Waals surface area (Å²) in [4.78, 5) is 10.7. The predicted molar refractivity (Wildman–Crippen MR) is 80.9 cm³/mol. The lowest BCUT2D eigenvalue weighted by atomic mass is 10.1. The Morgan fingerprint density at radius 1 is 1.05 bits per heavy atom. The van der Waals surface area contributed by atoms with Crippen LogP contribution in [0.3, 0.4) is 0 Å². The van der Waals surface area contributed by atoms with Crippen molar-refractivity contribution in [3.8, 4) is 0 Å². The van der Waals surface area contributed by atoms with Crippen LogP contribution in [0.1, 0.15) is 11.1 Å². The number of fused-ring (bicyclic) bond motifs is 1. The maximum Gasteiger partial charge on any atom is 0.245 e. The molecule has 0 amide bonds. The molecule has 0 atom stereocenters. The summed E-state index contributed by atoms with van der Waals surface area (Å²) in [5, 5.41) is 10.8. The molecule has 1 N–H and O–H groups in total. The van der Waals surface area contributed by atoms with Crippen LogP contribution < -0.4 is 10.2 Å². The van der Waals surface area contributed by atoms with Crippen LogP contribution in [-0.4, -0.2) is 34.4 Å². The molecule has 108 valence electrons. The number of benzene rings is 1. The van der Waals surface area contributed by atoms with Gasteiger partial charge < -0.3 is 10.2 Å². The van der Waals surface area contributed by atoms with Crippen molar-refractivity contribution in [1.29, 1.82) is 0 Å². The molecule has 2 heterocycles. The van der Waals surface area contributed by atoms with E-state index in [0.717, 1.165) is 5.69 Å². The second-order valence-electron chi connectivity index (χ2n) is 5.07. The van der Waals surface area contributed by atoms with Crippen molar-refractivity contribution in [2.75, 3.05) is 24.3 Å². The summed E-state index contributed by atoms with van der Waals surface area (Å²) in [5.41, 5.74) is 4.15. The number of nitrogens with one attached hydrogen (secondary N) is 1. The maximum atomic E-state index is 4.68. The summed E-state index contributed by atoms with van der Waals surface area (Å²) < 4.78 is 4.68. The highest BCUT2D eigenvalue weighted by atomic mass is 16.6. The van der Waals surface area contributed by atoms with Gasteiger partial charge in [-0.2, -0.15) is 0 Å². The van der Waals surface area contributed by atoms with Crippen molar-refractivity contribution >= 4 is 28.6 Å². The van der Waals surface area contributed by atoms with Crippen LogP contribution in [0, 0.1) is 13.8 Å². The number of anilines is 3. The molecule has 3 rings (SSSR count). The van der Waals surface area contributed by atoms with E-state index in [1.54, 1.807) is 0 Å². The molecule has 0 aliphatic carbocycles. The lowest BCUT2D eigenvalue weighted by molar-refractivity contribution is 0.314. The Kier molecular flexibility index (Phi) is 3.17. The van der Waals surface area contributed by atoms with Gasteiger partial charge in [0.1, 0.15) is 0 Å². The first-order chi connectivity index (χ1) is 10.1. The van der Waals surface area contributed by atoms with Crippen LogP contribution in [0.25, 0.3) is 11.3 Å². The minimum absolute atomic E-state index is 0.383. The lowest BCUT2D eigenvalue weighted by Crippen LogP contribution is -2.14. The van der Waals surface area contributed by atoms with E-state index in [9.17, 15) is 0 Å². The van der Waals surface area contributed by atoms with Gasteiger partial charge >= 0.3 is 0 Å². The van der Waals surface area contributed by atoms with E-state index in [2.05, 4.69) is 50.1 Å². The fourth-order valence-electron chi connectivity index (χ4n) is 2.04. The Hall–Kier alpha value is -2.70. The molecular formula is C14H16N6O. The van der Waals surface area contributed by atoms with Gasteiger partial charge in [-0.05, 0) is 41.4 Å². The van der Waals surface area contributed by atoms with Crippen molar-refractivity contribution in [3.63, 3.8) is 0 Å². The number of hydrogen-bond acceptors (Lipinski definition) is 7. The zero-order chi connectivity index (χ0) is 15.0. The van der Waals surface area contributed by atoms with Gasteiger partial charge in [0.05, 0.1) is 0 Å². The number of rotatable bonds is 3. The first kappa shape index (κ1) is 13.3. The Balaban J connectivity index is 2.10. The molecule has 0 unspecified atom stereocenters. The van der Waals surface area contributed by atoms with Gasteiger partial charge in [-0.1, -0.05) is 12.1 Å². The minimum Gasteiger partial charge on any atom is -0.360 e. The standard InChI is InChI=1S/C14H16N6O/c1-8-6-5-7-10(9(8)2)15-13-14(20(3)4)17-12-11(16-13)18-21-19-12/h5-7H,1-4H3,(H,15,16,18). The number of aryl methyl sites for hydroxylation is 1. The quantitative estimate of drug-likeness (QED) is 0.791. The van der Waals surface area contributed by atoms with E-state index in [0.29, 0.717) is 22.9 Å². The average molecular weight is 284 g/mol. The smallest absolute Gasteiger partial charge is 0.245 e. The maximum absolute atomic E-state index is 4.68. The Morgan fingerprint density at radius 2 is 1.76 bits per heavy atom. The number of hydrogen-bond donors (Lipinski definition) is 1. The van der Waals surface area contributed by atoms with Crippen LogP contribution in [0.15, 0.2) is 22.8 Å². The zero-order valence-corrected chi connectivity index (χ0v) is 12.4. The molecule has 0 aliphatic rings. The molecule has 0 aliphatic heterocycles. The van der Waals surface area contributed by atoms with Gasteiger partial charge in [-0.15, -0.1) is 0 Å². The van der Waals surface area contributed by atoms with E-state index in [4.69, 9.17) is 0 Å². The van der Waals surface area contributed by atoms with E-state index < -0.39 is 0 Å². The summed E-state index contributed by atoms with van der Waals surface area (Å²) in [6, 6.07) is 6.09. The molecule has 0 saturated carbocycles. The monoisotopic (exact) mass is 284 g/mol. The molecular weight excluding hydrogens is 268 g/mol. The fourth-order valence-corrected chi connectivity index (χ4v) is 2.04. The molecule has 1 aromatic carbocycles. The summed E-state index contributed by atoms with van der Waals surface area (Å²) in [6.45, 7) is 4.14. The highest BCUT2D eigenvalue weighted by molar-refractivity contribution is 5.77. The van der Waals surface area contributed by atoms with Gasteiger partial charge in [0, 0.05) is 19.8 Å². The molecule has 0 saturated heterocycles. The van der Waals surface area contributed by atoms with Crippen LogP contribution in [0.5, 0.6) is 0 Å². The van der Waals surface area contributed by atoms with Crippen LogP contribution >= 0.6 is 0 Å². The van der Waals surface area contributed by atoms with Gasteiger partial charge in [0.25, 0.3) is 0 Å². The van der Waals surface area contributed by atoms with E-state index in [-0.39, 0.29) is 0 Å². The second kappa shape index (κ2) is 5.01. The number of aromatic nitrogens is 4. The highest BCUT2D eigenvalue weighted by Gasteiger charge is 2.15. The SMILES string of the molecule is Cc1cccc(Nc2nc3nonc3nc2N(C)C)c1C. The molecule has 3 aromatic rings. The Morgan fingerprint density at radius 3 is 2.48 bits per heavy atom. The van der Waals surface area contributed by atoms with Crippen molar-refractivity contribution in [3.05, 3.63) is 29.3 Å². The van der Waals surface area contributed by atoms with Gasteiger partial charge in [-0.25, -0.2) is 14.6 Å². The van der Waals surface area contributed by atoms with Gasteiger partial charge in [-0.3, -0.25) is 0 Å². The molecule has 7 nitrogen and oxygen atoms in total. The van der Waals surface area contributed by atoms with Crippen LogP contribution in [-0.2, 0) is 0 Å². The summed E-state index contributed by atoms with van der Waals surface area (Å²) in [5.74, 6) is 1.30. The van der Waals surface area contributed by atoms with E-state index in [1.165, 1.54) is 11.1 Å². The van der Waals surface area contributed by atoms with Crippen molar-refractivity contribution < 1.29 is 4.63 Å². The lowest BCUT2D eigenvalue weighted by Gasteiger charge is -2.17. The second-order valence-corrected chi connectivity index (χ2v) is 5.07. The normalized spacial score (nSPS) is 10.9. The summed E-state index contributed by atoms with van der Waals surface area (Å²) in [6.07, 6.45) is 0. The van der Waals surface area contributed by atoms with Gasteiger partial charge in [0.15, 0.2) is 11.6 Å².